The molecule has 1 aliphatic carbocycles. The molecular weight excluding hydrogens is 388 g/mol. The van der Waals surface area contributed by atoms with Crippen LogP contribution in [-0.4, -0.2) is 61.0 Å². The molecule has 0 radical (unpaired) electrons. The SMILES string of the molecule is COC(=O)CCCC(=O)N(CC1CCN(CCc2ccccc2C)CC1)C1CCCC1. The fourth-order valence-electron chi connectivity index (χ4n) is 5.14. The first-order valence-electron chi connectivity index (χ1n) is 12.2. The smallest absolute Gasteiger partial charge is 0.305 e. The zero-order valence-electron chi connectivity index (χ0n) is 19.5. The van der Waals surface area contributed by atoms with E-state index in [0.29, 0.717) is 31.2 Å². The van der Waals surface area contributed by atoms with Gasteiger partial charge in [0.15, 0.2) is 0 Å². The summed E-state index contributed by atoms with van der Waals surface area (Å²) in [5, 5.41) is 0. The van der Waals surface area contributed by atoms with Crippen molar-refractivity contribution in [2.24, 2.45) is 5.92 Å². The first-order chi connectivity index (χ1) is 15.1. The molecule has 0 N–H and O–H groups in total. The highest BCUT2D eigenvalue weighted by Gasteiger charge is 2.30. The Labute approximate surface area is 188 Å². The number of carbonyl (C=O) groups excluding carboxylic acids is 2. The van der Waals surface area contributed by atoms with Crippen LogP contribution in [0.4, 0.5) is 0 Å². The molecule has 0 unspecified atom stereocenters. The minimum Gasteiger partial charge on any atom is -0.469 e. The number of amides is 1. The highest BCUT2D eigenvalue weighted by molar-refractivity contribution is 5.77. The molecule has 0 atom stereocenters. The Kier molecular flexibility index (Phi) is 9.38. The van der Waals surface area contributed by atoms with Gasteiger partial charge in [-0.15, -0.1) is 0 Å². The van der Waals surface area contributed by atoms with E-state index < -0.39 is 0 Å². The van der Waals surface area contributed by atoms with Gasteiger partial charge in [-0.25, -0.2) is 0 Å². The minimum atomic E-state index is -0.224. The number of aryl methyl sites for hydroxylation is 1. The van der Waals surface area contributed by atoms with E-state index in [2.05, 4.69) is 41.0 Å². The van der Waals surface area contributed by atoms with Gasteiger partial charge < -0.3 is 14.5 Å². The topological polar surface area (TPSA) is 49.9 Å². The van der Waals surface area contributed by atoms with Crippen LogP contribution in [0.3, 0.4) is 0 Å². The molecule has 0 spiro atoms. The summed E-state index contributed by atoms with van der Waals surface area (Å²) in [6.45, 7) is 6.47. The van der Waals surface area contributed by atoms with Crippen molar-refractivity contribution in [1.29, 1.82) is 0 Å². The molecule has 5 heteroatoms. The standard InChI is InChI=1S/C26H40N2O3/c1-21-8-3-4-9-23(21)16-19-27-17-14-22(15-18-27)20-28(24-10-5-6-11-24)25(29)12-7-13-26(30)31-2/h3-4,8-9,22,24H,5-7,10-20H2,1-2H3. The number of rotatable bonds is 10. The average molecular weight is 429 g/mol. The molecule has 2 aliphatic rings. The predicted molar refractivity (Wildman–Crippen MR) is 124 cm³/mol. The van der Waals surface area contributed by atoms with Crippen molar-refractivity contribution >= 4 is 11.9 Å². The van der Waals surface area contributed by atoms with Crippen molar-refractivity contribution in [3.05, 3.63) is 35.4 Å². The number of methoxy groups -OCH3 is 1. The summed E-state index contributed by atoms with van der Waals surface area (Å²) in [4.78, 5) is 29.1. The van der Waals surface area contributed by atoms with E-state index in [0.717, 1.165) is 45.4 Å². The van der Waals surface area contributed by atoms with E-state index in [-0.39, 0.29) is 11.9 Å². The number of likely N-dealkylation sites (tertiary alicyclic amines) is 1. The van der Waals surface area contributed by atoms with Gasteiger partial charge in [0.1, 0.15) is 0 Å². The van der Waals surface area contributed by atoms with Crippen LogP contribution in [0, 0.1) is 12.8 Å². The second kappa shape index (κ2) is 12.2. The monoisotopic (exact) mass is 428 g/mol. The predicted octanol–water partition coefficient (Wildman–Crippen LogP) is 4.36. The highest BCUT2D eigenvalue weighted by atomic mass is 16.5. The lowest BCUT2D eigenvalue weighted by Gasteiger charge is -2.37. The molecule has 1 aromatic carbocycles. The summed E-state index contributed by atoms with van der Waals surface area (Å²) in [7, 11) is 1.41. The number of hydrogen-bond acceptors (Lipinski definition) is 4. The molecule has 0 aromatic heterocycles. The van der Waals surface area contributed by atoms with Gasteiger partial charge in [-0.05, 0) is 75.6 Å². The Morgan fingerprint density at radius 3 is 2.45 bits per heavy atom. The number of esters is 1. The molecule has 1 aromatic rings. The second-order valence-corrected chi connectivity index (χ2v) is 9.38. The molecule has 3 rings (SSSR count). The van der Waals surface area contributed by atoms with E-state index >= 15 is 0 Å². The van der Waals surface area contributed by atoms with Gasteiger partial charge in [-0.3, -0.25) is 9.59 Å². The van der Waals surface area contributed by atoms with Crippen LogP contribution < -0.4 is 0 Å². The van der Waals surface area contributed by atoms with E-state index in [9.17, 15) is 9.59 Å². The maximum absolute atomic E-state index is 13.0. The van der Waals surface area contributed by atoms with Crippen molar-refractivity contribution in [2.75, 3.05) is 33.3 Å². The van der Waals surface area contributed by atoms with Gasteiger partial charge in [-0.2, -0.15) is 0 Å². The van der Waals surface area contributed by atoms with Gasteiger partial charge >= 0.3 is 5.97 Å². The van der Waals surface area contributed by atoms with Crippen molar-refractivity contribution < 1.29 is 14.3 Å². The van der Waals surface area contributed by atoms with Crippen LogP contribution in [0.15, 0.2) is 24.3 Å². The molecule has 31 heavy (non-hydrogen) atoms. The van der Waals surface area contributed by atoms with Crippen molar-refractivity contribution in [3.8, 4) is 0 Å². The normalized spacial score (nSPS) is 18.3. The Morgan fingerprint density at radius 1 is 1.06 bits per heavy atom. The van der Waals surface area contributed by atoms with Crippen molar-refractivity contribution in [1.82, 2.24) is 9.80 Å². The zero-order chi connectivity index (χ0) is 22.1. The van der Waals surface area contributed by atoms with Crippen LogP contribution in [0.25, 0.3) is 0 Å². The van der Waals surface area contributed by atoms with Crippen LogP contribution in [0.5, 0.6) is 0 Å². The van der Waals surface area contributed by atoms with Crippen molar-refractivity contribution in [2.45, 2.75) is 77.2 Å². The van der Waals surface area contributed by atoms with Crippen LogP contribution >= 0.6 is 0 Å². The maximum Gasteiger partial charge on any atom is 0.305 e. The third-order valence-electron chi connectivity index (χ3n) is 7.21. The summed E-state index contributed by atoms with van der Waals surface area (Å²) in [5.41, 5.74) is 2.84. The van der Waals surface area contributed by atoms with E-state index in [1.54, 1.807) is 0 Å². The molecular formula is C26H40N2O3. The summed E-state index contributed by atoms with van der Waals surface area (Å²) < 4.78 is 4.71. The summed E-state index contributed by atoms with van der Waals surface area (Å²) in [5.74, 6) is 0.607. The van der Waals surface area contributed by atoms with Gasteiger partial charge in [0, 0.05) is 32.0 Å². The first kappa shape index (κ1) is 23.8. The number of carbonyl (C=O) groups is 2. The van der Waals surface area contributed by atoms with Gasteiger partial charge in [0.25, 0.3) is 0 Å². The molecule has 1 aliphatic heterocycles. The number of benzene rings is 1. The molecule has 1 saturated heterocycles. The Morgan fingerprint density at radius 2 is 1.77 bits per heavy atom. The molecule has 0 bridgehead atoms. The Hall–Kier alpha value is -1.88. The maximum atomic E-state index is 13.0. The molecule has 2 fully saturated rings. The summed E-state index contributed by atoms with van der Waals surface area (Å²) in [6.07, 6.45) is 9.58. The quantitative estimate of drug-likeness (QED) is 0.520. The summed E-state index contributed by atoms with van der Waals surface area (Å²) in [6, 6.07) is 9.09. The number of nitrogens with zero attached hydrogens (tertiary/aromatic N) is 2. The minimum absolute atomic E-state index is 0.224. The lowest BCUT2D eigenvalue weighted by Crippen LogP contribution is -2.45. The van der Waals surface area contributed by atoms with E-state index in [4.69, 9.17) is 4.74 Å². The highest BCUT2D eigenvalue weighted by Crippen LogP contribution is 2.28. The first-order valence-corrected chi connectivity index (χ1v) is 12.2. The molecule has 1 heterocycles. The molecule has 172 valence electrons. The van der Waals surface area contributed by atoms with E-state index in [1.165, 1.54) is 43.9 Å². The van der Waals surface area contributed by atoms with Gasteiger partial charge in [0.05, 0.1) is 7.11 Å². The fraction of sp³-hybridized carbons (Fsp3) is 0.692. The molecule has 1 amide bonds. The number of hydrogen-bond donors (Lipinski definition) is 0. The van der Waals surface area contributed by atoms with Crippen molar-refractivity contribution in [3.63, 3.8) is 0 Å². The van der Waals surface area contributed by atoms with E-state index in [1.807, 2.05) is 0 Å². The number of ether oxygens (including phenoxy) is 1. The van der Waals surface area contributed by atoms with Crippen LogP contribution in [-0.2, 0) is 20.7 Å². The third-order valence-corrected chi connectivity index (χ3v) is 7.21. The Bertz CT molecular complexity index is 706. The zero-order valence-corrected chi connectivity index (χ0v) is 19.5. The lowest BCUT2D eigenvalue weighted by molar-refractivity contribution is -0.141. The molecule has 1 saturated carbocycles. The van der Waals surface area contributed by atoms with Crippen LogP contribution in [0.2, 0.25) is 0 Å². The lowest BCUT2D eigenvalue weighted by atomic mass is 9.94. The average Bonchev–Trinajstić information content (AvgIpc) is 3.32. The van der Waals surface area contributed by atoms with Crippen LogP contribution in [0.1, 0.15) is 68.9 Å². The van der Waals surface area contributed by atoms with Gasteiger partial charge in [0.2, 0.25) is 5.91 Å². The third kappa shape index (κ3) is 7.34. The summed E-state index contributed by atoms with van der Waals surface area (Å²) >= 11 is 0. The number of piperidine rings is 1. The van der Waals surface area contributed by atoms with Gasteiger partial charge in [-0.1, -0.05) is 37.1 Å². The fourth-order valence-corrected chi connectivity index (χ4v) is 5.14. The Balaban J connectivity index is 1.45. The second-order valence-electron chi connectivity index (χ2n) is 9.38. The molecule has 5 nitrogen and oxygen atoms in total. The largest absolute Gasteiger partial charge is 0.469 e.